The molecule has 1 unspecified atom stereocenters. The zero-order valence-corrected chi connectivity index (χ0v) is 38.4. The summed E-state index contributed by atoms with van der Waals surface area (Å²) >= 11 is 1.93. The van der Waals surface area contributed by atoms with E-state index in [0.29, 0.717) is 0 Å². The Morgan fingerprint density at radius 1 is 0.348 bits per heavy atom. The van der Waals surface area contributed by atoms with Crippen molar-refractivity contribution in [2.75, 3.05) is 0 Å². The molecule has 0 fully saturated rings. The van der Waals surface area contributed by atoms with E-state index in [2.05, 4.69) is 222 Å². The monoisotopic (exact) mass is 858 g/mol. The molecule has 1 heteroatoms. The van der Waals surface area contributed by atoms with Gasteiger partial charge in [0.25, 0.3) is 0 Å². The maximum Gasteiger partial charge on any atom is 0.0434 e. The van der Waals surface area contributed by atoms with Gasteiger partial charge in [-0.2, -0.15) is 0 Å². The largest absolute Gasteiger partial charge is 0.135 e. The second-order valence-corrected chi connectivity index (χ2v) is 20.7. The van der Waals surface area contributed by atoms with Crippen LogP contribution in [0.25, 0.3) is 119 Å². The van der Waals surface area contributed by atoms with Crippen molar-refractivity contribution >= 4 is 74.6 Å². The molecule has 2 aliphatic rings. The molecule has 0 amide bonds. The molecule has 0 N–H and O–H groups in total. The fraction of sp³-hybridized carbons (Fsp3) is 0.108. The molecule has 1 atom stereocenters. The fourth-order valence-corrected chi connectivity index (χ4v) is 13.7. The van der Waals surface area contributed by atoms with E-state index in [0.717, 1.165) is 6.42 Å². The van der Waals surface area contributed by atoms with Gasteiger partial charge < -0.3 is 0 Å². The van der Waals surface area contributed by atoms with Crippen molar-refractivity contribution in [2.24, 2.45) is 0 Å². The summed E-state index contributed by atoms with van der Waals surface area (Å²) in [4.78, 5) is 0. The van der Waals surface area contributed by atoms with Gasteiger partial charge in [-0.15, -0.1) is 11.3 Å². The third kappa shape index (κ3) is 5.10. The first-order valence-corrected chi connectivity index (χ1v) is 24.4. The molecule has 0 saturated heterocycles. The summed E-state index contributed by atoms with van der Waals surface area (Å²) in [5.41, 5.74) is 18.6. The second kappa shape index (κ2) is 13.6. The molecule has 312 valence electrons. The lowest BCUT2D eigenvalue weighted by atomic mass is 9.77. The Bertz CT molecular complexity index is 4020. The molecule has 11 aromatic carbocycles. The van der Waals surface area contributed by atoms with Crippen molar-refractivity contribution in [1.29, 1.82) is 0 Å². The fourth-order valence-electron chi connectivity index (χ4n) is 12.4. The normalized spacial score (nSPS) is 15.8. The van der Waals surface area contributed by atoms with Crippen molar-refractivity contribution in [1.82, 2.24) is 0 Å². The molecule has 12 aromatic rings. The Kier molecular flexibility index (Phi) is 7.84. The van der Waals surface area contributed by atoms with Crippen molar-refractivity contribution in [3.05, 3.63) is 216 Å². The van der Waals surface area contributed by atoms with Crippen LogP contribution in [0.5, 0.6) is 0 Å². The van der Waals surface area contributed by atoms with Crippen LogP contribution in [0.1, 0.15) is 56.4 Å². The Labute approximate surface area is 389 Å². The molecule has 0 saturated carbocycles. The van der Waals surface area contributed by atoms with Crippen LogP contribution in [-0.2, 0) is 10.8 Å². The lowest BCUT2D eigenvalue weighted by Crippen LogP contribution is -2.19. The summed E-state index contributed by atoms with van der Waals surface area (Å²) in [6.45, 7) is 9.66. The maximum atomic E-state index is 2.52. The number of rotatable bonds is 4. The third-order valence-electron chi connectivity index (χ3n) is 16.0. The molecule has 2 aliphatic carbocycles. The Hall–Kier alpha value is -7.32. The van der Waals surface area contributed by atoms with Gasteiger partial charge in [0.05, 0.1) is 0 Å². The summed E-state index contributed by atoms with van der Waals surface area (Å²) in [6.07, 6.45) is 1.05. The van der Waals surface area contributed by atoms with Crippen molar-refractivity contribution in [3.63, 3.8) is 0 Å². The highest BCUT2D eigenvalue weighted by Gasteiger charge is 2.39. The number of hydrogen-bond donors (Lipinski definition) is 0. The number of hydrogen-bond acceptors (Lipinski definition) is 1. The predicted molar refractivity (Wildman–Crippen MR) is 285 cm³/mol. The van der Waals surface area contributed by atoms with Crippen molar-refractivity contribution < 1.29 is 0 Å². The van der Waals surface area contributed by atoms with Gasteiger partial charge in [0.1, 0.15) is 0 Å². The van der Waals surface area contributed by atoms with Crippen LogP contribution >= 0.6 is 11.3 Å². The Morgan fingerprint density at radius 3 is 1.65 bits per heavy atom. The van der Waals surface area contributed by atoms with Gasteiger partial charge in [0.15, 0.2) is 0 Å². The maximum absolute atomic E-state index is 2.52. The van der Waals surface area contributed by atoms with Crippen LogP contribution in [0.4, 0.5) is 0 Å². The van der Waals surface area contributed by atoms with E-state index in [1.807, 2.05) is 11.3 Å². The van der Waals surface area contributed by atoms with Gasteiger partial charge in [0, 0.05) is 36.4 Å². The SMILES string of the molecule is CCC1(C)c2ccc(-c3ccc4c(c3)C(C)(C)c3cc(-c5c6ccccc6c(-c6cccc7ccccc67)c6ccccc56)ccc3-4)cc2-c2cc3c(ccc4c5ccccc5sc34)cc21. The molecule has 1 heterocycles. The summed E-state index contributed by atoms with van der Waals surface area (Å²) in [6, 6.07) is 74.1. The standard InChI is InChI=1S/C65H46S/c1-5-65(4)56-32-28-39(33-54(56)55-37-53-41(35-59(55)65)26-31-52-46-18-12-13-24-60(46)66-63(52)53)40-25-29-44-45-30-27-42(36-58(45)64(2,3)57(44)34-40)61-48-19-8-10-21-50(48)62(51-22-11-9-20-49(51)61)47-23-14-16-38-15-6-7-17-43(38)47/h6-37H,5H2,1-4H3. The van der Waals surface area contributed by atoms with Crippen molar-refractivity contribution in [3.8, 4) is 55.6 Å². The zero-order valence-electron chi connectivity index (χ0n) is 37.6. The van der Waals surface area contributed by atoms with Gasteiger partial charge in [-0.05, 0) is 158 Å². The van der Waals surface area contributed by atoms with Gasteiger partial charge in [-0.3, -0.25) is 0 Å². The lowest BCUT2D eigenvalue weighted by Gasteiger charge is -2.26. The molecule has 1 aromatic heterocycles. The Morgan fingerprint density at radius 2 is 0.924 bits per heavy atom. The highest BCUT2D eigenvalue weighted by atomic mass is 32.1. The highest BCUT2D eigenvalue weighted by molar-refractivity contribution is 7.26. The van der Waals surface area contributed by atoms with Crippen LogP contribution in [0.3, 0.4) is 0 Å². The molecule has 0 spiro atoms. The van der Waals surface area contributed by atoms with Crippen LogP contribution in [-0.4, -0.2) is 0 Å². The van der Waals surface area contributed by atoms with Crippen LogP contribution in [0.2, 0.25) is 0 Å². The summed E-state index contributed by atoms with van der Waals surface area (Å²) in [5.74, 6) is 0. The number of fused-ring (bicyclic) bond motifs is 14. The Balaban J connectivity index is 0.891. The van der Waals surface area contributed by atoms with Crippen molar-refractivity contribution in [2.45, 2.75) is 44.9 Å². The van der Waals surface area contributed by atoms with Crippen LogP contribution in [0.15, 0.2) is 194 Å². The summed E-state index contributed by atoms with van der Waals surface area (Å²) < 4.78 is 2.75. The molecule has 14 rings (SSSR count). The summed E-state index contributed by atoms with van der Waals surface area (Å²) in [5, 5.41) is 13.1. The van der Waals surface area contributed by atoms with E-state index in [4.69, 9.17) is 0 Å². The minimum Gasteiger partial charge on any atom is -0.135 e. The average molecular weight is 859 g/mol. The van der Waals surface area contributed by atoms with Crippen LogP contribution < -0.4 is 0 Å². The quantitative estimate of drug-likeness (QED) is 0.155. The lowest BCUT2D eigenvalue weighted by molar-refractivity contribution is 0.565. The predicted octanol–water partition coefficient (Wildman–Crippen LogP) is 18.7. The summed E-state index contributed by atoms with van der Waals surface area (Å²) in [7, 11) is 0. The molecular formula is C65H46S. The van der Waals surface area contributed by atoms with E-state index in [1.165, 1.54) is 141 Å². The molecule has 66 heavy (non-hydrogen) atoms. The minimum atomic E-state index is -0.191. The van der Waals surface area contributed by atoms with E-state index < -0.39 is 0 Å². The zero-order chi connectivity index (χ0) is 44.1. The van der Waals surface area contributed by atoms with Crippen LogP contribution in [0, 0.1) is 0 Å². The highest BCUT2D eigenvalue weighted by Crippen LogP contribution is 2.56. The smallest absolute Gasteiger partial charge is 0.0434 e. The van der Waals surface area contributed by atoms with E-state index in [-0.39, 0.29) is 10.8 Å². The average Bonchev–Trinajstić information content (AvgIpc) is 3.94. The molecule has 0 bridgehead atoms. The second-order valence-electron chi connectivity index (χ2n) is 19.6. The van der Waals surface area contributed by atoms with Gasteiger partial charge in [0.2, 0.25) is 0 Å². The van der Waals surface area contributed by atoms with E-state index in [1.54, 1.807) is 0 Å². The number of thiophene rings is 1. The third-order valence-corrected chi connectivity index (χ3v) is 17.2. The van der Waals surface area contributed by atoms with E-state index in [9.17, 15) is 0 Å². The molecule has 0 aliphatic heterocycles. The van der Waals surface area contributed by atoms with E-state index >= 15 is 0 Å². The first-order valence-electron chi connectivity index (χ1n) is 23.6. The first kappa shape index (κ1) is 38.0. The topological polar surface area (TPSA) is 0 Å². The van der Waals surface area contributed by atoms with Gasteiger partial charge >= 0.3 is 0 Å². The first-order chi connectivity index (χ1) is 32.3. The number of benzene rings is 11. The van der Waals surface area contributed by atoms with Gasteiger partial charge in [-0.1, -0.05) is 185 Å². The minimum absolute atomic E-state index is 0.0430. The van der Waals surface area contributed by atoms with Gasteiger partial charge in [-0.25, -0.2) is 0 Å². The molecular weight excluding hydrogens is 813 g/mol. The molecule has 0 radical (unpaired) electrons. The molecule has 0 nitrogen and oxygen atoms in total.